The number of benzene rings is 2. The van der Waals surface area contributed by atoms with Crippen LogP contribution in [0.1, 0.15) is 11.1 Å². The van der Waals surface area contributed by atoms with Gasteiger partial charge >= 0.3 is 11.9 Å². The predicted octanol–water partition coefficient (Wildman–Crippen LogP) is 1.40. The molecule has 0 saturated heterocycles. The first-order valence-electron chi connectivity index (χ1n) is 7.21. The maximum Gasteiger partial charge on any atom is 0.378 e. The lowest BCUT2D eigenvalue weighted by molar-refractivity contribution is -0.167. The second kappa shape index (κ2) is 8.59. The van der Waals surface area contributed by atoms with E-state index in [-0.39, 0.29) is 13.2 Å². The van der Waals surface area contributed by atoms with Crippen LogP contribution in [0.3, 0.4) is 0 Å². The van der Waals surface area contributed by atoms with E-state index in [4.69, 9.17) is 9.47 Å². The Morgan fingerprint density at radius 1 is 0.792 bits per heavy atom. The molecule has 2 rings (SSSR count). The number of ketones is 1. The van der Waals surface area contributed by atoms with E-state index in [1.54, 1.807) is 60.7 Å². The number of carbonyl (C=O) groups is 3. The zero-order valence-corrected chi connectivity index (χ0v) is 12.8. The van der Waals surface area contributed by atoms with Crippen molar-refractivity contribution in [3.05, 3.63) is 71.8 Å². The molecule has 0 aliphatic carbocycles. The fourth-order valence-electron chi connectivity index (χ4n) is 1.82. The Morgan fingerprint density at radius 2 is 1.25 bits per heavy atom. The molecule has 124 valence electrons. The third-order valence-electron chi connectivity index (χ3n) is 3.11. The summed E-state index contributed by atoms with van der Waals surface area (Å²) in [5.74, 6) is -3.84. The number of ether oxygens (including phenoxy) is 2. The van der Waals surface area contributed by atoms with Gasteiger partial charge in [0.25, 0.3) is 5.78 Å². The van der Waals surface area contributed by atoms with Gasteiger partial charge in [0.2, 0.25) is 6.10 Å². The molecule has 6 heteroatoms. The molecule has 2 aromatic carbocycles. The molecule has 0 heterocycles. The van der Waals surface area contributed by atoms with Gasteiger partial charge in [-0.3, -0.25) is 4.79 Å². The highest BCUT2D eigenvalue weighted by Gasteiger charge is 2.32. The molecule has 0 aliphatic heterocycles. The van der Waals surface area contributed by atoms with Crippen LogP contribution in [0.5, 0.6) is 0 Å². The Labute approximate surface area is 138 Å². The topological polar surface area (TPSA) is 89.9 Å². The van der Waals surface area contributed by atoms with Crippen molar-refractivity contribution >= 4 is 17.7 Å². The van der Waals surface area contributed by atoms with Gasteiger partial charge in [-0.2, -0.15) is 0 Å². The van der Waals surface area contributed by atoms with Crippen molar-refractivity contribution in [3.8, 4) is 0 Å². The van der Waals surface area contributed by atoms with E-state index >= 15 is 0 Å². The van der Waals surface area contributed by atoms with Crippen LogP contribution in [-0.4, -0.2) is 28.9 Å². The maximum atomic E-state index is 11.7. The average Bonchev–Trinajstić information content (AvgIpc) is 2.64. The van der Waals surface area contributed by atoms with Crippen LogP contribution in [0.4, 0.5) is 0 Å². The summed E-state index contributed by atoms with van der Waals surface area (Å²) in [6.07, 6.45) is -2.20. The summed E-state index contributed by atoms with van der Waals surface area (Å²) in [6, 6.07) is 17.5. The highest BCUT2D eigenvalue weighted by Crippen LogP contribution is 2.04. The Kier molecular flexibility index (Phi) is 6.22. The van der Waals surface area contributed by atoms with Gasteiger partial charge in [-0.1, -0.05) is 60.7 Å². The summed E-state index contributed by atoms with van der Waals surface area (Å²) in [6.45, 7) is -0.236. The van der Waals surface area contributed by atoms with Crippen LogP contribution >= 0.6 is 0 Å². The van der Waals surface area contributed by atoms with Gasteiger partial charge in [-0.05, 0) is 11.1 Å². The van der Waals surface area contributed by atoms with E-state index in [1.165, 1.54) is 0 Å². The standard InChI is InChI=1S/C18H16O6/c19-15(17(21)23-11-13-7-3-1-4-8-13)16(20)18(22)24-12-14-9-5-2-6-10-14/h1-10,15,19H,11-12H2. The first-order valence-corrected chi connectivity index (χ1v) is 7.21. The van der Waals surface area contributed by atoms with E-state index < -0.39 is 23.8 Å². The molecular weight excluding hydrogens is 312 g/mol. The molecule has 0 bridgehead atoms. The minimum absolute atomic E-state index is 0.108. The fraction of sp³-hybridized carbons (Fsp3) is 0.167. The second-order valence-corrected chi connectivity index (χ2v) is 4.92. The van der Waals surface area contributed by atoms with Crippen molar-refractivity contribution in [2.45, 2.75) is 19.3 Å². The van der Waals surface area contributed by atoms with Crippen molar-refractivity contribution in [3.63, 3.8) is 0 Å². The molecule has 0 amide bonds. The van der Waals surface area contributed by atoms with Crippen LogP contribution in [0.15, 0.2) is 60.7 Å². The number of hydrogen-bond donors (Lipinski definition) is 1. The normalized spacial score (nSPS) is 11.4. The number of esters is 2. The minimum Gasteiger partial charge on any atom is -0.459 e. The minimum atomic E-state index is -2.20. The fourth-order valence-corrected chi connectivity index (χ4v) is 1.82. The van der Waals surface area contributed by atoms with Crippen molar-refractivity contribution in [2.24, 2.45) is 0 Å². The van der Waals surface area contributed by atoms with Gasteiger partial charge in [0, 0.05) is 0 Å². The lowest BCUT2D eigenvalue weighted by Gasteiger charge is -2.10. The van der Waals surface area contributed by atoms with E-state index in [2.05, 4.69) is 0 Å². The second-order valence-electron chi connectivity index (χ2n) is 4.92. The molecule has 6 nitrogen and oxygen atoms in total. The van der Waals surface area contributed by atoms with Gasteiger partial charge in [-0.25, -0.2) is 9.59 Å². The van der Waals surface area contributed by atoms with Gasteiger partial charge in [0.1, 0.15) is 13.2 Å². The average molecular weight is 328 g/mol. The molecule has 24 heavy (non-hydrogen) atoms. The van der Waals surface area contributed by atoms with Crippen LogP contribution in [0.2, 0.25) is 0 Å². The molecule has 1 N–H and O–H groups in total. The van der Waals surface area contributed by atoms with Gasteiger partial charge < -0.3 is 14.6 Å². The highest BCUT2D eigenvalue weighted by atomic mass is 16.6. The van der Waals surface area contributed by atoms with E-state index in [1.807, 2.05) is 0 Å². The number of aliphatic hydroxyl groups excluding tert-OH is 1. The summed E-state index contributed by atoms with van der Waals surface area (Å²) >= 11 is 0. The molecule has 1 atom stereocenters. The zero-order valence-electron chi connectivity index (χ0n) is 12.8. The molecular formula is C18H16O6. The quantitative estimate of drug-likeness (QED) is 0.469. The van der Waals surface area contributed by atoms with Crippen molar-refractivity contribution in [1.82, 2.24) is 0 Å². The predicted molar refractivity (Wildman–Crippen MR) is 83.5 cm³/mol. The Bertz CT molecular complexity index is 696. The Morgan fingerprint density at radius 3 is 1.75 bits per heavy atom. The van der Waals surface area contributed by atoms with Crippen molar-refractivity contribution in [2.75, 3.05) is 0 Å². The highest BCUT2D eigenvalue weighted by molar-refractivity contribution is 6.39. The Hall–Kier alpha value is -2.99. The summed E-state index contributed by atoms with van der Waals surface area (Å²) in [7, 11) is 0. The lowest BCUT2D eigenvalue weighted by atomic mass is 10.2. The smallest absolute Gasteiger partial charge is 0.378 e. The summed E-state index contributed by atoms with van der Waals surface area (Å²) in [4.78, 5) is 34.9. The number of carbonyl (C=O) groups excluding carboxylic acids is 3. The first-order chi connectivity index (χ1) is 11.6. The van der Waals surface area contributed by atoms with Crippen LogP contribution in [0.25, 0.3) is 0 Å². The zero-order chi connectivity index (χ0) is 17.4. The molecule has 0 aromatic heterocycles. The molecule has 0 aliphatic rings. The number of hydrogen-bond acceptors (Lipinski definition) is 6. The maximum absolute atomic E-state index is 11.7. The van der Waals surface area contributed by atoms with E-state index in [9.17, 15) is 19.5 Å². The molecule has 0 radical (unpaired) electrons. The van der Waals surface area contributed by atoms with Gasteiger partial charge in [0.15, 0.2) is 0 Å². The van der Waals surface area contributed by atoms with Crippen LogP contribution in [-0.2, 0) is 37.1 Å². The van der Waals surface area contributed by atoms with Gasteiger partial charge in [0.05, 0.1) is 0 Å². The monoisotopic (exact) mass is 328 g/mol. The summed E-state index contributed by atoms with van der Waals surface area (Å²) in [5.41, 5.74) is 1.37. The van der Waals surface area contributed by atoms with E-state index in [0.717, 1.165) is 0 Å². The summed E-state index contributed by atoms with van der Waals surface area (Å²) < 4.78 is 9.57. The number of rotatable bonds is 7. The van der Waals surface area contributed by atoms with E-state index in [0.29, 0.717) is 11.1 Å². The number of Topliss-reactive ketones (excluding diaryl/α,β-unsaturated/α-hetero) is 1. The largest absolute Gasteiger partial charge is 0.459 e. The molecule has 0 saturated carbocycles. The van der Waals surface area contributed by atoms with Crippen molar-refractivity contribution < 1.29 is 29.0 Å². The van der Waals surface area contributed by atoms with Crippen molar-refractivity contribution in [1.29, 1.82) is 0 Å². The third-order valence-corrected chi connectivity index (χ3v) is 3.11. The Balaban J connectivity index is 1.81. The molecule has 0 fully saturated rings. The van der Waals surface area contributed by atoms with Crippen LogP contribution < -0.4 is 0 Å². The first kappa shape index (κ1) is 17.4. The molecule has 0 spiro atoms. The summed E-state index contributed by atoms with van der Waals surface area (Å²) in [5, 5.41) is 9.61. The third kappa shape index (κ3) is 5.03. The lowest BCUT2D eigenvalue weighted by Crippen LogP contribution is -2.37. The number of aliphatic hydroxyl groups is 1. The SMILES string of the molecule is O=C(OCc1ccccc1)C(=O)C(O)C(=O)OCc1ccccc1. The van der Waals surface area contributed by atoms with Crippen LogP contribution in [0, 0.1) is 0 Å². The molecule has 1 unspecified atom stereocenters. The van der Waals surface area contributed by atoms with Gasteiger partial charge in [-0.15, -0.1) is 0 Å². The molecule has 2 aromatic rings.